The fourth-order valence-corrected chi connectivity index (χ4v) is 3.43. The van der Waals surface area contributed by atoms with Gasteiger partial charge in [0.05, 0.1) is 0 Å². The van der Waals surface area contributed by atoms with Gasteiger partial charge in [0.1, 0.15) is 23.8 Å². The molecular formula is C18H21N7. The van der Waals surface area contributed by atoms with Crippen LogP contribution >= 0.6 is 0 Å². The van der Waals surface area contributed by atoms with E-state index >= 15 is 0 Å². The van der Waals surface area contributed by atoms with E-state index in [4.69, 9.17) is 5.73 Å². The molecule has 1 aliphatic rings. The highest BCUT2D eigenvalue weighted by molar-refractivity contribution is 5.46. The molecule has 0 spiro atoms. The van der Waals surface area contributed by atoms with Crippen LogP contribution in [0.4, 0.5) is 11.6 Å². The van der Waals surface area contributed by atoms with Gasteiger partial charge in [-0.3, -0.25) is 4.98 Å². The van der Waals surface area contributed by atoms with Crippen molar-refractivity contribution < 1.29 is 0 Å². The van der Waals surface area contributed by atoms with Gasteiger partial charge in [-0.1, -0.05) is 0 Å². The van der Waals surface area contributed by atoms with E-state index < -0.39 is 0 Å². The predicted molar refractivity (Wildman–Crippen MR) is 96.2 cm³/mol. The SMILES string of the molecule is Nc1cc(N2CCC[C@H](c3nccn3Cc3ccncc3)C2)ncn1. The summed E-state index contributed by atoms with van der Waals surface area (Å²) in [5.74, 6) is 2.90. The highest BCUT2D eigenvalue weighted by Crippen LogP contribution is 2.29. The number of hydrogen-bond acceptors (Lipinski definition) is 6. The molecule has 3 aromatic heterocycles. The van der Waals surface area contributed by atoms with Crippen LogP contribution < -0.4 is 10.6 Å². The standard InChI is InChI=1S/C18H21N7/c19-16-10-17(23-13-22-16)24-8-1-2-15(12-24)18-21-7-9-25(18)11-14-3-5-20-6-4-14/h3-7,9-10,13,15H,1-2,8,11-12H2,(H2,19,22,23)/t15-/m0/s1. The maximum absolute atomic E-state index is 5.81. The van der Waals surface area contributed by atoms with Gasteiger partial charge >= 0.3 is 0 Å². The predicted octanol–water partition coefficient (Wildman–Crippen LogP) is 2.08. The first-order chi connectivity index (χ1) is 12.3. The fraction of sp³-hybridized carbons (Fsp3) is 0.333. The second-order valence-corrected chi connectivity index (χ2v) is 6.36. The van der Waals surface area contributed by atoms with E-state index in [9.17, 15) is 0 Å². The number of imidazole rings is 1. The lowest BCUT2D eigenvalue weighted by atomic mass is 9.97. The molecule has 1 saturated heterocycles. The first-order valence-electron chi connectivity index (χ1n) is 8.52. The van der Waals surface area contributed by atoms with Gasteiger partial charge in [-0.05, 0) is 30.5 Å². The fourth-order valence-electron chi connectivity index (χ4n) is 3.43. The quantitative estimate of drug-likeness (QED) is 0.786. The molecule has 1 aliphatic heterocycles. The molecule has 0 bridgehead atoms. The summed E-state index contributed by atoms with van der Waals surface area (Å²) < 4.78 is 2.23. The lowest BCUT2D eigenvalue weighted by Gasteiger charge is -2.33. The number of anilines is 2. The minimum Gasteiger partial charge on any atom is -0.384 e. The van der Waals surface area contributed by atoms with Crippen LogP contribution in [-0.4, -0.2) is 37.6 Å². The smallest absolute Gasteiger partial charge is 0.134 e. The molecule has 7 heteroatoms. The minimum atomic E-state index is 0.377. The summed E-state index contributed by atoms with van der Waals surface area (Å²) in [6.45, 7) is 2.69. The van der Waals surface area contributed by atoms with Gasteiger partial charge in [0.15, 0.2) is 0 Å². The van der Waals surface area contributed by atoms with Gasteiger partial charge in [0, 0.05) is 56.4 Å². The Hall–Kier alpha value is -2.96. The number of nitrogen functional groups attached to an aromatic ring is 1. The number of aromatic nitrogens is 5. The third-order valence-corrected chi connectivity index (χ3v) is 4.63. The summed E-state index contributed by atoms with van der Waals surface area (Å²) in [6.07, 6.45) is 11.4. The van der Waals surface area contributed by atoms with Crippen LogP contribution in [0.2, 0.25) is 0 Å². The number of nitrogens with two attached hydrogens (primary N) is 1. The highest BCUT2D eigenvalue weighted by atomic mass is 15.2. The second kappa shape index (κ2) is 6.88. The van der Waals surface area contributed by atoms with E-state index in [1.165, 1.54) is 11.9 Å². The Bertz CT molecular complexity index is 830. The Morgan fingerprint density at radius 1 is 1.12 bits per heavy atom. The van der Waals surface area contributed by atoms with Gasteiger partial charge < -0.3 is 15.2 Å². The summed E-state index contributed by atoms with van der Waals surface area (Å²) in [5, 5.41) is 0. The topological polar surface area (TPSA) is 85.8 Å². The van der Waals surface area contributed by atoms with Crippen LogP contribution in [0.3, 0.4) is 0 Å². The van der Waals surface area contributed by atoms with E-state index in [1.54, 1.807) is 0 Å². The number of pyridine rings is 1. The van der Waals surface area contributed by atoms with Crippen molar-refractivity contribution >= 4 is 11.6 Å². The maximum Gasteiger partial charge on any atom is 0.134 e. The van der Waals surface area contributed by atoms with Crippen molar-refractivity contribution in [1.82, 2.24) is 24.5 Å². The molecule has 0 saturated carbocycles. The number of hydrogen-bond donors (Lipinski definition) is 1. The molecule has 25 heavy (non-hydrogen) atoms. The van der Waals surface area contributed by atoms with Gasteiger partial charge in [-0.25, -0.2) is 15.0 Å². The first-order valence-corrected chi connectivity index (χ1v) is 8.52. The van der Waals surface area contributed by atoms with Crippen LogP contribution in [0.25, 0.3) is 0 Å². The normalized spacial score (nSPS) is 17.6. The maximum atomic E-state index is 5.81. The molecule has 0 unspecified atom stereocenters. The van der Waals surface area contributed by atoms with Crippen molar-refractivity contribution in [3.05, 3.63) is 60.7 Å². The molecule has 2 N–H and O–H groups in total. The van der Waals surface area contributed by atoms with E-state index in [1.807, 2.05) is 36.8 Å². The Balaban J connectivity index is 1.53. The second-order valence-electron chi connectivity index (χ2n) is 6.36. The average molecular weight is 335 g/mol. The Morgan fingerprint density at radius 3 is 2.84 bits per heavy atom. The van der Waals surface area contributed by atoms with Gasteiger partial charge in [-0.15, -0.1) is 0 Å². The van der Waals surface area contributed by atoms with Crippen molar-refractivity contribution in [2.24, 2.45) is 0 Å². The number of piperidine rings is 1. The van der Waals surface area contributed by atoms with Gasteiger partial charge in [0.25, 0.3) is 0 Å². The van der Waals surface area contributed by atoms with Crippen molar-refractivity contribution in [1.29, 1.82) is 0 Å². The molecule has 0 radical (unpaired) electrons. The third kappa shape index (κ3) is 3.45. The van der Waals surface area contributed by atoms with Crippen molar-refractivity contribution in [2.75, 3.05) is 23.7 Å². The average Bonchev–Trinajstić information content (AvgIpc) is 3.11. The highest BCUT2D eigenvalue weighted by Gasteiger charge is 2.25. The Morgan fingerprint density at radius 2 is 2.00 bits per heavy atom. The summed E-state index contributed by atoms with van der Waals surface area (Å²) in [6, 6.07) is 5.92. The molecule has 1 fully saturated rings. The molecule has 1 atom stereocenters. The van der Waals surface area contributed by atoms with Crippen LogP contribution in [0.5, 0.6) is 0 Å². The van der Waals surface area contributed by atoms with Crippen LogP contribution in [0.15, 0.2) is 49.3 Å². The molecule has 4 heterocycles. The minimum absolute atomic E-state index is 0.377. The lowest BCUT2D eigenvalue weighted by molar-refractivity contribution is 0.474. The summed E-state index contributed by atoms with van der Waals surface area (Å²) in [7, 11) is 0. The zero-order chi connectivity index (χ0) is 17.1. The zero-order valence-electron chi connectivity index (χ0n) is 14.0. The van der Waals surface area contributed by atoms with Crippen molar-refractivity contribution in [3.63, 3.8) is 0 Å². The molecule has 128 valence electrons. The van der Waals surface area contributed by atoms with Gasteiger partial charge in [-0.2, -0.15) is 0 Å². The summed E-state index contributed by atoms with van der Waals surface area (Å²) in [5.41, 5.74) is 7.03. The van der Waals surface area contributed by atoms with Gasteiger partial charge in [0.2, 0.25) is 0 Å². The van der Waals surface area contributed by atoms with Crippen LogP contribution in [-0.2, 0) is 6.54 Å². The molecule has 4 rings (SSSR count). The van der Waals surface area contributed by atoms with E-state index in [0.717, 1.165) is 44.1 Å². The molecule has 0 amide bonds. The summed E-state index contributed by atoms with van der Waals surface area (Å²) in [4.78, 5) is 19.4. The van der Waals surface area contributed by atoms with Crippen LogP contribution in [0, 0.1) is 0 Å². The van der Waals surface area contributed by atoms with E-state index in [-0.39, 0.29) is 0 Å². The molecular weight excluding hydrogens is 314 g/mol. The Kier molecular flexibility index (Phi) is 4.28. The van der Waals surface area contributed by atoms with Crippen LogP contribution in [0.1, 0.15) is 30.1 Å². The molecule has 0 aliphatic carbocycles. The molecule has 3 aromatic rings. The van der Waals surface area contributed by atoms with E-state index in [0.29, 0.717) is 11.7 Å². The number of nitrogens with zero attached hydrogens (tertiary/aromatic N) is 6. The third-order valence-electron chi connectivity index (χ3n) is 4.63. The van der Waals surface area contributed by atoms with Crippen molar-refractivity contribution in [3.8, 4) is 0 Å². The van der Waals surface area contributed by atoms with E-state index in [2.05, 4.69) is 35.6 Å². The number of rotatable bonds is 4. The monoisotopic (exact) mass is 335 g/mol. The lowest BCUT2D eigenvalue weighted by Crippen LogP contribution is -2.36. The molecule has 0 aromatic carbocycles. The zero-order valence-corrected chi connectivity index (χ0v) is 14.0. The first kappa shape index (κ1) is 15.6. The summed E-state index contributed by atoms with van der Waals surface area (Å²) >= 11 is 0. The molecule has 7 nitrogen and oxygen atoms in total. The largest absolute Gasteiger partial charge is 0.384 e. The Labute approximate surface area is 146 Å². The van der Waals surface area contributed by atoms with Crippen molar-refractivity contribution in [2.45, 2.75) is 25.3 Å².